The summed E-state index contributed by atoms with van der Waals surface area (Å²) in [6, 6.07) is 6.87. The van der Waals surface area contributed by atoms with Gasteiger partial charge in [0.2, 0.25) is 11.8 Å². The molecule has 2 atom stereocenters. The van der Waals surface area contributed by atoms with Crippen molar-refractivity contribution in [1.82, 2.24) is 9.80 Å². The van der Waals surface area contributed by atoms with Crippen LogP contribution in [0, 0.1) is 5.82 Å². The topological polar surface area (TPSA) is 123 Å². The molecule has 4 N–H and O–H groups in total. The molecule has 0 aromatic heterocycles. The van der Waals surface area contributed by atoms with Crippen LogP contribution in [0.4, 0.5) is 23.2 Å². The predicted octanol–water partition coefficient (Wildman–Crippen LogP) is 3.64. The highest BCUT2D eigenvalue weighted by atomic mass is 32.3. The molecule has 214 valence electrons. The van der Waals surface area contributed by atoms with Gasteiger partial charge in [-0.1, -0.05) is 6.07 Å². The zero-order valence-electron chi connectivity index (χ0n) is 20.9. The van der Waals surface area contributed by atoms with Gasteiger partial charge in [-0.3, -0.25) is 23.6 Å². The molecule has 4 rings (SSSR count). The smallest absolute Gasteiger partial charge is 0.422 e. The molecular weight excluding hydrogens is 546 g/mol. The molecule has 2 aliphatic heterocycles. The zero-order valence-corrected chi connectivity index (χ0v) is 21.8. The minimum atomic E-state index is -4.62. The normalized spacial score (nSPS) is 20.6. The van der Waals surface area contributed by atoms with E-state index >= 15 is 0 Å². The molecule has 0 bridgehead atoms. The third-order valence-corrected chi connectivity index (χ3v) is 8.30. The van der Waals surface area contributed by atoms with Crippen LogP contribution in [0.25, 0.3) is 0 Å². The number of aliphatic hydroxyl groups is 1. The number of β-amino-alcohol motifs (C(OH)–C–C–N with tert-alkyl or cyclic N) is 1. The highest BCUT2D eigenvalue weighted by molar-refractivity contribution is 8.25. The fraction of sp³-hybridized carbons (Fsp3) is 0.440. The molecule has 0 unspecified atom stereocenters. The van der Waals surface area contributed by atoms with Crippen molar-refractivity contribution < 1.29 is 46.1 Å². The van der Waals surface area contributed by atoms with E-state index in [2.05, 4.69) is 5.32 Å². The average molecular weight is 576 g/mol. The number of anilines is 1. The zero-order chi connectivity index (χ0) is 28.5. The van der Waals surface area contributed by atoms with Crippen LogP contribution < -0.4 is 10.1 Å². The van der Waals surface area contributed by atoms with Gasteiger partial charge < -0.3 is 20.1 Å². The maximum atomic E-state index is 14.5. The molecule has 2 aromatic rings. The lowest BCUT2D eigenvalue weighted by Gasteiger charge is -2.37. The Labute approximate surface area is 223 Å². The number of hydrogen-bond donors (Lipinski definition) is 4. The van der Waals surface area contributed by atoms with Gasteiger partial charge in [0.05, 0.1) is 29.1 Å². The van der Waals surface area contributed by atoms with Gasteiger partial charge in [-0.25, -0.2) is 4.39 Å². The van der Waals surface area contributed by atoms with Crippen LogP contribution in [-0.2, 0) is 16.0 Å². The molecule has 0 aliphatic carbocycles. The monoisotopic (exact) mass is 575 g/mol. The highest BCUT2D eigenvalue weighted by Gasteiger charge is 2.32. The van der Waals surface area contributed by atoms with Crippen molar-refractivity contribution in [2.45, 2.75) is 36.1 Å². The van der Waals surface area contributed by atoms with E-state index in [0.717, 1.165) is 12.1 Å². The number of likely N-dealkylation sites (N-methyl/N-ethyl adjacent to an activating group) is 1. The van der Waals surface area contributed by atoms with Crippen molar-refractivity contribution in [2.75, 3.05) is 44.4 Å². The van der Waals surface area contributed by atoms with Crippen LogP contribution in [0.15, 0.2) is 41.3 Å². The molecule has 2 amide bonds. The van der Waals surface area contributed by atoms with Crippen LogP contribution in [0.3, 0.4) is 0 Å². The second-order valence-electron chi connectivity index (χ2n) is 9.71. The van der Waals surface area contributed by atoms with E-state index in [1.54, 1.807) is 0 Å². The number of ether oxygens (including phenoxy) is 1. The maximum absolute atomic E-state index is 14.5. The van der Waals surface area contributed by atoms with Gasteiger partial charge in [0.1, 0.15) is 17.3 Å². The summed E-state index contributed by atoms with van der Waals surface area (Å²) in [4.78, 5) is 28.6. The third kappa shape index (κ3) is 7.39. The summed E-state index contributed by atoms with van der Waals surface area (Å²) in [7, 11) is -1.81. The molecule has 2 aliphatic rings. The Morgan fingerprint density at radius 2 is 2.00 bits per heavy atom. The van der Waals surface area contributed by atoms with E-state index in [0.29, 0.717) is 25.1 Å². The van der Waals surface area contributed by atoms with Crippen LogP contribution in [0.2, 0.25) is 0 Å². The average Bonchev–Trinajstić information content (AvgIpc) is 3.23. The molecular formula is C25H29F4N3O6S. The number of aliphatic hydroxyl groups excluding tert-OH is 1. The molecule has 0 radical (unpaired) electrons. The largest absolute Gasteiger partial charge is 0.484 e. The van der Waals surface area contributed by atoms with Gasteiger partial charge in [0.15, 0.2) is 6.61 Å². The number of rotatable bonds is 8. The van der Waals surface area contributed by atoms with Crippen LogP contribution >= 0.6 is 10.6 Å². The number of fused-ring (bicyclic) bond motifs is 1. The molecule has 14 heteroatoms. The number of alkyl halides is 3. The van der Waals surface area contributed by atoms with Crippen molar-refractivity contribution in [3.63, 3.8) is 0 Å². The Kier molecular flexibility index (Phi) is 8.42. The first-order chi connectivity index (χ1) is 18.2. The fourth-order valence-corrected chi connectivity index (χ4v) is 6.03. The molecule has 1 fully saturated rings. The molecule has 1 saturated heterocycles. The van der Waals surface area contributed by atoms with E-state index < -0.39 is 58.9 Å². The quantitative estimate of drug-likeness (QED) is 0.355. The number of carbonyl (C=O) groups is 2. The summed E-state index contributed by atoms with van der Waals surface area (Å²) in [6.07, 6.45) is -4.84. The van der Waals surface area contributed by atoms with E-state index in [-0.39, 0.29) is 34.9 Å². The fourth-order valence-electron chi connectivity index (χ4n) is 4.69. The van der Waals surface area contributed by atoms with Crippen molar-refractivity contribution in [1.29, 1.82) is 0 Å². The Bertz CT molecular complexity index is 1240. The number of nitrogens with one attached hydrogen (secondary N) is 1. The minimum Gasteiger partial charge on any atom is -0.484 e. The van der Waals surface area contributed by atoms with E-state index in [4.69, 9.17) is 4.74 Å². The van der Waals surface area contributed by atoms with Crippen LogP contribution in [0.1, 0.15) is 23.6 Å². The summed E-state index contributed by atoms with van der Waals surface area (Å²) < 4.78 is 77.6. The summed E-state index contributed by atoms with van der Waals surface area (Å²) in [5.74, 6) is -2.60. The van der Waals surface area contributed by atoms with Gasteiger partial charge in [-0.15, -0.1) is 0 Å². The molecule has 39 heavy (non-hydrogen) atoms. The SMILES string of the molecule is CN(C(=O)Cc1ccc2c(c1)NC(=O)CS2(O)O)[C@H](CN1CC[C@H](O)C1)c1cc(F)cc(OCC(F)(F)F)c1. The Balaban J connectivity index is 1.58. The second kappa shape index (κ2) is 11.3. The van der Waals surface area contributed by atoms with Gasteiger partial charge in [-0.05, 0) is 41.8 Å². The summed E-state index contributed by atoms with van der Waals surface area (Å²) >= 11 is 0. The van der Waals surface area contributed by atoms with Gasteiger partial charge in [0.25, 0.3) is 0 Å². The van der Waals surface area contributed by atoms with Crippen molar-refractivity contribution >= 4 is 28.1 Å². The van der Waals surface area contributed by atoms with Crippen LogP contribution in [-0.4, -0.2) is 87.1 Å². The Morgan fingerprint density at radius 1 is 1.26 bits per heavy atom. The number of carbonyl (C=O) groups excluding carboxylic acids is 2. The number of benzene rings is 2. The first-order valence-corrected chi connectivity index (χ1v) is 13.8. The predicted molar refractivity (Wildman–Crippen MR) is 135 cm³/mol. The lowest BCUT2D eigenvalue weighted by molar-refractivity contribution is -0.153. The van der Waals surface area contributed by atoms with Crippen LogP contribution in [0.5, 0.6) is 5.75 Å². The lowest BCUT2D eigenvalue weighted by atomic mass is 10.0. The summed E-state index contributed by atoms with van der Waals surface area (Å²) in [5.41, 5.74) is 0.876. The molecule has 2 aromatic carbocycles. The minimum absolute atomic E-state index is 0.162. The number of likely N-dealkylation sites (tertiary alicyclic amines) is 1. The summed E-state index contributed by atoms with van der Waals surface area (Å²) in [6.45, 7) is -0.582. The standard InChI is InChI=1S/C25H29F4N3O6S/c1-31(24(35)7-15-2-3-22-20(6-15)30-23(34)13-39(22,36)37)21(12-32-5-4-18(33)11-32)16-8-17(26)10-19(9-16)38-14-25(27,28)29/h2-3,6,8-10,18,21,33,36-37H,4-5,7,11-14H2,1H3,(H,30,34)/t18-,21+/m0/s1. The first-order valence-electron chi connectivity index (χ1n) is 12.0. The van der Waals surface area contributed by atoms with Gasteiger partial charge in [0, 0.05) is 32.7 Å². The Morgan fingerprint density at radius 3 is 2.67 bits per heavy atom. The highest BCUT2D eigenvalue weighted by Crippen LogP contribution is 2.53. The molecule has 0 spiro atoms. The molecule has 0 saturated carbocycles. The lowest BCUT2D eigenvalue weighted by Crippen LogP contribution is -2.39. The van der Waals surface area contributed by atoms with Crippen molar-refractivity contribution in [2.24, 2.45) is 0 Å². The molecule has 2 heterocycles. The third-order valence-electron chi connectivity index (χ3n) is 6.58. The number of halogens is 4. The van der Waals surface area contributed by atoms with E-state index in [1.807, 2.05) is 4.90 Å². The summed E-state index contributed by atoms with van der Waals surface area (Å²) in [5, 5.41) is 12.5. The van der Waals surface area contributed by atoms with Gasteiger partial charge >= 0.3 is 6.18 Å². The number of amides is 2. The number of hydrogen-bond acceptors (Lipinski definition) is 7. The van der Waals surface area contributed by atoms with Gasteiger partial charge in [-0.2, -0.15) is 23.8 Å². The Hall–Kier alpha value is -2.91. The van der Waals surface area contributed by atoms with Crippen molar-refractivity contribution in [3.05, 3.63) is 53.3 Å². The van der Waals surface area contributed by atoms with E-state index in [1.165, 1.54) is 36.2 Å². The van der Waals surface area contributed by atoms with Crippen molar-refractivity contribution in [3.8, 4) is 5.75 Å². The first kappa shape index (κ1) is 29.1. The maximum Gasteiger partial charge on any atom is 0.422 e. The second-order valence-corrected chi connectivity index (χ2v) is 11.8. The number of nitrogens with zero attached hydrogens (tertiary/aromatic N) is 2. The van der Waals surface area contributed by atoms with E-state index in [9.17, 15) is 41.4 Å². The molecule has 9 nitrogen and oxygen atoms in total.